The molecule has 1 fully saturated rings. The van der Waals surface area contributed by atoms with Crippen molar-refractivity contribution in [1.29, 1.82) is 0 Å². The summed E-state index contributed by atoms with van der Waals surface area (Å²) < 4.78 is 5.89. The third kappa shape index (κ3) is 5.01. The van der Waals surface area contributed by atoms with E-state index in [2.05, 4.69) is 41.5 Å². The number of rotatable bonds is 2. The quantitative estimate of drug-likeness (QED) is 0.664. The van der Waals surface area contributed by atoms with Gasteiger partial charge in [0.25, 0.3) is 0 Å². The second kappa shape index (κ2) is 4.45. The van der Waals surface area contributed by atoms with E-state index in [1.54, 1.807) is 0 Å². The van der Waals surface area contributed by atoms with E-state index in [-0.39, 0.29) is 0 Å². The lowest BCUT2D eigenvalue weighted by Crippen LogP contribution is -2.26. The predicted molar refractivity (Wildman–Crippen MR) is 66.0 cm³/mol. The molecule has 2 atom stereocenters. The molecule has 15 heavy (non-hydrogen) atoms. The van der Waals surface area contributed by atoms with Crippen LogP contribution in [-0.2, 0) is 4.74 Å². The summed E-state index contributed by atoms with van der Waals surface area (Å²) in [6.45, 7) is 14.9. The maximum atomic E-state index is 5.89. The minimum absolute atomic E-state index is 0.394. The Morgan fingerprint density at radius 3 is 1.93 bits per heavy atom. The lowest BCUT2D eigenvalue weighted by molar-refractivity contribution is 0.0467. The zero-order valence-corrected chi connectivity index (χ0v) is 11.4. The van der Waals surface area contributed by atoms with Gasteiger partial charge in [0.05, 0.1) is 6.10 Å². The van der Waals surface area contributed by atoms with Gasteiger partial charge in [0.15, 0.2) is 0 Å². The third-order valence-corrected chi connectivity index (χ3v) is 3.03. The van der Waals surface area contributed by atoms with Gasteiger partial charge in [0, 0.05) is 6.61 Å². The van der Waals surface area contributed by atoms with E-state index in [1.807, 2.05) is 0 Å². The van der Waals surface area contributed by atoms with Crippen molar-refractivity contribution in [3.05, 3.63) is 0 Å². The van der Waals surface area contributed by atoms with Gasteiger partial charge in [0.1, 0.15) is 0 Å². The summed E-state index contributed by atoms with van der Waals surface area (Å²) in [5.41, 5.74) is 0.833. The summed E-state index contributed by atoms with van der Waals surface area (Å²) in [4.78, 5) is 0. The molecule has 0 aromatic carbocycles. The molecule has 0 bridgehead atoms. The fraction of sp³-hybridized carbons (Fsp3) is 1.00. The molecule has 0 spiro atoms. The molecule has 0 amide bonds. The van der Waals surface area contributed by atoms with E-state index in [0.29, 0.717) is 16.9 Å². The van der Waals surface area contributed by atoms with Crippen LogP contribution in [0.4, 0.5) is 0 Å². The molecule has 90 valence electrons. The highest BCUT2D eigenvalue weighted by Gasteiger charge is 2.33. The fourth-order valence-corrected chi connectivity index (χ4v) is 2.54. The molecule has 1 saturated heterocycles. The average Bonchev–Trinajstić information content (AvgIpc) is 2.29. The van der Waals surface area contributed by atoms with Gasteiger partial charge in [-0.05, 0) is 36.0 Å². The van der Waals surface area contributed by atoms with Gasteiger partial charge in [-0.15, -0.1) is 0 Å². The van der Waals surface area contributed by atoms with Crippen LogP contribution in [0, 0.1) is 16.7 Å². The highest BCUT2D eigenvalue weighted by molar-refractivity contribution is 4.83. The summed E-state index contributed by atoms with van der Waals surface area (Å²) in [7, 11) is 0. The lowest BCUT2D eigenvalue weighted by atomic mass is 9.77. The van der Waals surface area contributed by atoms with Crippen LogP contribution in [0.25, 0.3) is 0 Å². The molecule has 0 unspecified atom stereocenters. The first-order valence-corrected chi connectivity index (χ1v) is 6.29. The summed E-state index contributed by atoms with van der Waals surface area (Å²) in [5.74, 6) is 0.782. The van der Waals surface area contributed by atoms with Gasteiger partial charge in [-0.3, -0.25) is 0 Å². The Kier molecular flexibility index (Phi) is 3.86. The minimum Gasteiger partial charge on any atom is -0.378 e. The summed E-state index contributed by atoms with van der Waals surface area (Å²) in [6, 6.07) is 0. The Morgan fingerprint density at radius 1 is 0.933 bits per heavy atom. The maximum Gasteiger partial charge on any atom is 0.0609 e. The molecule has 0 radical (unpaired) electrons. The van der Waals surface area contributed by atoms with Gasteiger partial charge < -0.3 is 4.74 Å². The molecule has 1 heterocycles. The monoisotopic (exact) mass is 212 g/mol. The predicted octanol–water partition coefficient (Wildman–Crippen LogP) is 4.26. The van der Waals surface area contributed by atoms with Crippen LogP contribution < -0.4 is 0 Å². The molecule has 0 aliphatic carbocycles. The second-order valence-corrected chi connectivity index (χ2v) is 7.49. The van der Waals surface area contributed by atoms with Crippen molar-refractivity contribution in [2.24, 2.45) is 16.7 Å². The molecule has 0 saturated carbocycles. The molecule has 0 N–H and O–H groups in total. The second-order valence-electron chi connectivity index (χ2n) is 7.49. The van der Waals surface area contributed by atoms with Gasteiger partial charge in [0.2, 0.25) is 0 Å². The van der Waals surface area contributed by atoms with Crippen LogP contribution in [0.1, 0.15) is 60.8 Å². The average molecular weight is 212 g/mol. The van der Waals surface area contributed by atoms with Gasteiger partial charge >= 0.3 is 0 Å². The van der Waals surface area contributed by atoms with E-state index in [4.69, 9.17) is 4.74 Å². The van der Waals surface area contributed by atoms with Crippen molar-refractivity contribution >= 4 is 0 Å². The van der Waals surface area contributed by atoms with Crippen LogP contribution in [0.3, 0.4) is 0 Å². The minimum atomic E-state index is 0.394. The maximum absolute atomic E-state index is 5.89. The number of ether oxygens (including phenoxy) is 1. The van der Waals surface area contributed by atoms with E-state index in [9.17, 15) is 0 Å². The molecule has 1 heteroatoms. The number of hydrogen-bond donors (Lipinski definition) is 0. The molecule has 1 rings (SSSR count). The first-order chi connectivity index (χ1) is 6.67. The molecule has 1 aliphatic rings. The summed E-state index contributed by atoms with van der Waals surface area (Å²) in [5, 5.41) is 0. The third-order valence-electron chi connectivity index (χ3n) is 3.03. The molecule has 0 aromatic rings. The largest absolute Gasteiger partial charge is 0.378 e. The van der Waals surface area contributed by atoms with Crippen molar-refractivity contribution in [1.82, 2.24) is 0 Å². The van der Waals surface area contributed by atoms with Crippen LogP contribution in [0.2, 0.25) is 0 Å². The van der Waals surface area contributed by atoms with E-state index < -0.39 is 0 Å². The van der Waals surface area contributed by atoms with Crippen LogP contribution in [0.5, 0.6) is 0 Å². The van der Waals surface area contributed by atoms with E-state index >= 15 is 0 Å². The van der Waals surface area contributed by atoms with Crippen LogP contribution >= 0.6 is 0 Å². The lowest BCUT2D eigenvalue weighted by Gasteiger charge is -2.30. The van der Waals surface area contributed by atoms with Crippen molar-refractivity contribution in [2.45, 2.75) is 66.9 Å². The van der Waals surface area contributed by atoms with E-state index in [0.717, 1.165) is 12.5 Å². The molecule has 1 aliphatic heterocycles. The summed E-state index contributed by atoms with van der Waals surface area (Å²) in [6.07, 6.45) is 4.27. The van der Waals surface area contributed by atoms with Gasteiger partial charge in [-0.2, -0.15) is 0 Å². The molecule has 0 aromatic heterocycles. The van der Waals surface area contributed by atoms with Crippen molar-refractivity contribution in [3.63, 3.8) is 0 Å². The van der Waals surface area contributed by atoms with Crippen molar-refractivity contribution in [2.75, 3.05) is 6.61 Å². The fourth-order valence-electron chi connectivity index (χ4n) is 2.54. The zero-order valence-electron chi connectivity index (χ0n) is 11.4. The first-order valence-electron chi connectivity index (χ1n) is 6.29. The highest BCUT2D eigenvalue weighted by atomic mass is 16.5. The molecular formula is C14H28O. The van der Waals surface area contributed by atoms with Gasteiger partial charge in [-0.25, -0.2) is 0 Å². The van der Waals surface area contributed by atoms with Crippen molar-refractivity contribution < 1.29 is 4.74 Å². The highest BCUT2D eigenvalue weighted by Crippen LogP contribution is 2.37. The SMILES string of the molecule is CC(C)(C)C[C@@H]1CCO[C@H]1CC(C)(C)C. The standard InChI is InChI=1S/C14H28O/c1-13(2,3)9-11-7-8-15-12(11)10-14(4,5)6/h11-12H,7-10H2,1-6H3/t11-,12-/m0/s1. The van der Waals surface area contributed by atoms with Crippen molar-refractivity contribution in [3.8, 4) is 0 Å². The number of hydrogen-bond acceptors (Lipinski definition) is 1. The zero-order chi connectivity index (χ0) is 11.7. The van der Waals surface area contributed by atoms with Gasteiger partial charge in [-0.1, -0.05) is 41.5 Å². The Morgan fingerprint density at radius 2 is 1.47 bits per heavy atom. The topological polar surface area (TPSA) is 9.23 Å². The Hall–Kier alpha value is -0.0400. The van der Waals surface area contributed by atoms with Crippen LogP contribution in [-0.4, -0.2) is 12.7 Å². The Balaban J connectivity index is 2.50. The van der Waals surface area contributed by atoms with E-state index in [1.165, 1.54) is 19.3 Å². The summed E-state index contributed by atoms with van der Waals surface area (Å²) >= 11 is 0. The molecule has 1 nitrogen and oxygen atoms in total. The normalized spacial score (nSPS) is 28.4. The van der Waals surface area contributed by atoms with Crippen LogP contribution in [0.15, 0.2) is 0 Å². The Bertz CT molecular complexity index is 172. The molecular weight excluding hydrogens is 184 g/mol. The smallest absolute Gasteiger partial charge is 0.0609 e. The first kappa shape index (κ1) is 13.0. The Labute approximate surface area is 95.6 Å².